The van der Waals surface area contributed by atoms with Crippen molar-refractivity contribution in [2.24, 2.45) is 0 Å². The van der Waals surface area contributed by atoms with Crippen LogP contribution in [0.3, 0.4) is 0 Å². The molecule has 7 nitrogen and oxygen atoms in total. The van der Waals surface area contributed by atoms with Crippen molar-refractivity contribution in [1.29, 1.82) is 0 Å². The second kappa shape index (κ2) is 9.07. The van der Waals surface area contributed by atoms with E-state index in [-0.39, 0.29) is 17.6 Å². The van der Waals surface area contributed by atoms with Crippen LogP contribution in [0.25, 0.3) is 0 Å². The van der Waals surface area contributed by atoms with E-state index in [1.54, 1.807) is 25.1 Å². The van der Waals surface area contributed by atoms with E-state index >= 15 is 0 Å². The number of esters is 1. The lowest BCUT2D eigenvalue weighted by molar-refractivity contribution is 0.0601. The lowest BCUT2D eigenvalue weighted by Gasteiger charge is -2.07. The Kier molecular flexibility index (Phi) is 6.24. The molecular formula is C22H22N2O5S2. The van der Waals surface area contributed by atoms with E-state index < -0.39 is 5.97 Å². The Morgan fingerprint density at radius 1 is 1.06 bits per heavy atom. The van der Waals surface area contributed by atoms with Crippen molar-refractivity contribution in [3.63, 3.8) is 0 Å². The molecule has 0 spiro atoms. The van der Waals surface area contributed by atoms with Crippen molar-refractivity contribution >= 4 is 50.5 Å². The first-order chi connectivity index (χ1) is 15.0. The highest BCUT2D eigenvalue weighted by molar-refractivity contribution is 7.19. The smallest absolute Gasteiger partial charge is 0.341 e. The van der Waals surface area contributed by atoms with Gasteiger partial charge in [0.15, 0.2) is 5.76 Å². The third kappa shape index (κ3) is 4.42. The molecular weight excluding hydrogens is 436 g/mol. The van der Waals surface area contributed by atoms with Gasteiger partial charge in [0.25, 0.3) is 11.8 Å². The Bertz CT molecular complexity index is 1130. The number of ether oxygens (including phenoxy) is 1. The van der Waals surface area contributed by atoms with Gasteiger partial charge in [-0.1, -0.05) is 6.42 Å². The number of anilines is 2. The normalized spacial score (nSPS) is 13.2. The van der Waals surface area contributed by atoms with Gasteiger partial charge in [-0.15, -0.1) is 22.7 Å². The monoisotopic (exact) mass is 458 g/mol. The number of methoxy groups -OCH3 is 1. The van der Waals surface area contributed by atoms with Gasteiger partial charge >= 0.3 is 5.97 Å². The molecule has 0 saturated heterocycles. The number of fused-ring (bicyclic) bond motifs is 1. The molecule has 162 valence electrons. The van der Waals surface area contributed by atoms with Crippen LogP contribution in [-0.4, -0.2) is 24.9 Å². The number of hydrogen-bond donors (Lipinski definition) is 2. The minimum absolute atomic E-state index is 0.194. The summed E-state index contributed by atoms with van der Waals surface area (Å²) in [5, 5.41) is 6.72. The highest BCUT2D eigenvalue weighted by Gasteiger charge is 2.27. The number of thiophene rings is 2. The van der Waals surface area contributed by atoms with Gasteiger partial charge in [-0.25, -0.2) is 4.79 Å². The molecule has 3 heterocycles. The molecule has 2 amide bonds. The second-order valence-electron chi connectivity index (χ2n) is 7.27. The number of furan rings is 1. The van der Waals surface area contributed by atoms with Crippen molar-refractivity contribution in [2.75, 3.05) is 17.7 Å². The van der Waals surface area contributed by atoms with Gasteiger partial charge < -0.3 is 19.8 Å². The summed E-state index contributed by atoms with van der Waals surface area (Å²) in [6.07, 6.45) is 6.36. The molecule has 1 aliphatic rings. The first-order valence-electron chi connectivity index (χ1n) is 9.97. The standard InChI is InChI=1S/C22H22N2O5S2/c1-12-11-16(23-19(25)14-8-6-10-29-14)31-18(12)20(26)24-21-17(22(27)28-2)13-7-4-3-5-9-15(13)30-21/h6,8,10-11H,3-5,7,9H2,1-2H3,(H,23,25)(H,24,26). The number of nitrogens with one attached hydrogen (secondary N) is 2. The van der Waals surface area contributed by atoms with Crippen LogP contribution in [0.2, 0.25) is 0 Å². The molecule has 4 rings (SSSR count). The third-order valence-electron chi connectivity index (χ3n) is 5.14. The molecule has 0 atom stereocenters. The van der Waals surface area contributed by atoms with Crippen LogP contribution in [0.15, 0.2) is 28.9 Å². The zero-order chi connectivity index (χ0) is 22.0. The highest BCUT2D eigenvalue weighted by atomic mass is 32.1. The van der Waals surface area contributed by atoms with Gasteiger partial charge in [0.05, 0.1) is 28.8 Å². The molecule has 0 saturated carbocycles. The molecule has 31 heavy (non-hydrogen) atoms. The van der Waals surface area contributed by atoms with Gasteiger partial charge in [-0.2, -0.15) is 0 Å². The largest absolute Gasteiger partial charge is 0.465 e. The van der Waals surface area contributed by atoms with E-state index in [0.29, 0.717) is 20.4 Å². The number of carbonyl (C=O) groups is 3. The van der Waals surface area contributed by atoms with Crippen molar-refractivity contribution in [2.45, 2.75) is 39.0 Å². The zero-order valence-corrected chi connectivity index (χ0v) is 18.8. The van der Waals surface area contributed by atoms with Gasteiger partial charge in [0.2, 0.25) is 0 Å². The molecule has 0 radical (unpaired) electrons. The molecule has 0 aromatic carbocycles. The maximum Gasteiger partial charge on any atom is 0.341 e. The topological polar surface area (TPSA) is 97.6 Å². The zero-order valence-electron chi connectivity index (χ0n) is 17.2. The van der Waals surface area contributed by atoms with Crippen molar-refractivity contribution < 1.29 is 23.5 Å². The quantitative estimate of drug-likeness (QED) is 0.401. The van der Waals surface area contributed by atoms with Crippen molar-refractivity contribution in [1.82, 2.24) is 0 Å². The Morgan fingerprint density at radius 3 is 2.61 bits per heavy atom. The summed E-state index contributed by atoms with van der Waals surface area (Å²) in [6, 6.07) is 4.94. The molecule has 1 aliphatic carbocycles. The fourth-order valence-electron chi connectivity index (χ4n) is 3.66. The fourth-order valence-corrected chi connectivity index (χ4v) is 5.89. The van der Waals surface area contributed by atoms with Gasteiger partial charge in [-0.3, -0.25) is 9.59 Å². The molecule has 0 bridgehead atoms. The first kappa shape index (κ1) is 21.3. The van der Waals surface area contributed by atoms with Crippen LogP contribution >= 0.6 is 22.7 Å². The van der Waals surface area contributed by atoms with Gasteiger partial charge in [0.1, 0.15) is 5.00 Å². The minimum Gasteiger partial charge on any atom is -0.465 e. The van der Waals surface area contributed by atoms with E-state index in [1.807, 2.05) is 0 Å². The molecule has 0 fully saturated rings. The van der Waals surface area contributed by atoms with Crippen LogP contribution < -0.4 is 10.6 Å². The fraction of sp³-hybridized carbons (Fsp3) is 0.318. The van der Waals surface area contributed by atoms with Gasteiger partial charge in [-0.05, 0) is 61.9 Å². The lowest BCUT2D eigenvalue weighted by Crippen LogP contribution is -2.14. The van der Waals surface area contributed by atoms with E-state index in [4.69, 9.17) is 9.15 Å². The molecule has 3 aromatic rings. The third-order valence-corrected chi connectivity index (χ3v) is 7.50. The van der Waals surface area contributed by atoms with Crippen LogP contribution in [0.5, 0.6) is 0 Å². The van der Waals surface area contributed by atoms with Crippen molar-refractivity contribution in [3.8, 4) is 0 Å². The van der Waals surface area contributed by atoms with Crippen LogP contribution in [-0.2, 0) is 17.6 Å². The average molecular weight is 459 g/mol. The Hall–Kier alpha value is -2.91. The summed E-state index contributed by atoms with van der Waals surface area (Å²) in [6.45, 7) is 1.80. The summed E-state index contributed by atoms with van der Waals surface area (Å²) < 4.78 is 10.1. The summed E-state index contributed by atoms with van der Waals surface area (Å²) in [4.78, 5) is 39.3. The van der Waals surface area contributed by atoms with Crippen LogP contribution in [0.1, 0.15) is 65.9 Å². The van der Waals surface area contributed by atoms with Crippen LogP contribution in [0.4, 0.5) is 10.0 Å². The number of aryl methyl sites for hydroxylation is 2. The lowest BCUT2D eigenvalue weighted by atomic mass is 10.1. The number of hydrogen-bond acceptors (Lipinski definition) is 7. The SMILES string of the molecule is COC(=O)c1c(NC(=O)c2sc(NC(=O)c3ccco3)cc2C)sc2c1CCCCC2. The van der Waals surface area contributed by atoms with E-state index in [9.17, 15) is 14.4 Å². The van der Waals surface area contributed by atoms with Gasteiger partial charge in [0, 0.05) is 4.88 Å². The molecule has 0 aliphatic heterocycles. The number of rotatable bonds is 5. The maximum absolute atomic E-state index is 13.0. The summed E-state index contributed by atoms with van der Waals surface area (Å²) in [5.74, 6) is -0.931. The van der Waals surface area contributed by atoms with Crippen molar-refractivity contribution in [3.05, 3.63) is 56.7 Å². The predicted molar refractivity (Wildman–Crippen MR) is 121 cm³/mol. The predicted octanol–water partition coefficient (Wildman–Crippen LogP) is 5.27. The van der Waals surface area contributed by atoms with E-state index in [0.717, 1.165) is 48.1 Å². The Morgan fingerprint density at radius 2 is 1.87 bits per heavy atom. The summed E-state index contributed by atoms with van der Waals surface area (Å²) >= 11 is 2.63. The molecule has 3 aromatic heterocycles. The highest BCUT2D eigenvalue weighted by Crippen LogP contribution is 2.38. The second-order valence-corrected chi connectivity index (χ2v) is 9.43. The minimum atomic E-state index is -0.427. The summed E-state index contributed by atoms with van der Waals surface area (Å²) in [7, 11) is 1.35. The van der Waals surface area contributed by atoms with E-state index in [2.05, 4.69) is 10.6 Å². The van der Waals surface area contributed by atoms with Crippen LogP contribution in [0, 0.1) is 6.92 Å². The van der Waals surface area contributed by atoms with E-state index in [1.165, 1.54) is 36.0 Å². The molecule has 2 N–H and O–H groups in total. The summed E-state index contributed by atoms with van der Waals surface area (Å²) in [5.41, 5.74) is 2.20. The number of carbonyl (C=O) groups excluding carboxylic acids is 3. The Labute approximate surface area is 187 Å². The Balaban J connectivity index is 1.57. The number of amides is 2. The maximum atomic E-state index is 13.0. The molecule has 0 unspecified atom stereocenters. The molecule has 9 heteroatoms. The average Bonchev–Trinajstić information content (AvgIpc) is 3.44. The first-order valence-corrected chi connectivity index (χ1v) is 11.6.